The number of amides is 1. The summed E-state index contributed by atoms with van der Waals surface area (Å²) in [5.41, 5.74) is 3.54. The number of nitrogens with one attached hydrogen (secondary N) is 1. The predicted octanol–water partition coefficient (Wildman–Crippen LogP) is 5.81. The Bertz CT molecular complexity index is 1260. The number of amidine groups is 1. The van der Waals surface area contributed by atoms with Crippen LogP contribution in [-0.2, 0) is 4.79 Å². The number of aryl methyl sites for hydroxylation is 2. The Hall–Kier alpha value is -3.29. The summed E-state index contributed by atoms with van der Waals surface area (Å²) in [5, 5.41) is 12.6. The molecule has 0 atom stereocenters. The van der Waals surface area contributed by atoms with Gasteiger partial charge in [0.2, 0.25) is 0 Å². The summed E-state index contributed by atoms with van der Waals surface area (Å²) in [4.78, 5) is 28.6. The van der Waals surface area contributed by atoms with E-state index < -0.39 is 5.97 Å². The standard InChI is InChI=1S/C23H17ClN2O4S/c1-12-7-13(2)9-15(8-12)25-23-26-21(27)20(31-23)11-16-4-6-19(30-16)14-3-5-18(24)17(10-14)22(28)29/h3-11H,1-2H3,(H,28,29)(H,25,26,27)/b20-11-. The molecule has 4 rings (SSSR count). The van der Waals surface area contributed by atoms with Crippen LogP contribution < -0.4 is 5.32 Å². The summed E-state index contributed by atoms with van der Waals surface area (Å²) in [6.07, 6.45) is 1.63. The van der Waals surface area contributed by atoms with Crippen molar-refractivity contribution in [2.24, 2.45) is 4.99 Å². The topological polar surface area (TPSA) is 91.9 Å². The van der Waals surface area contributed by atoms with Crippen LogP contribution in [-0.4, -0.2) is 22.2 Å². The number of carbonyl (C=O) groups excluding carboxylic acids is 1. The first kappa shape index (κ1) is 21.0. The third kappa shape index (κ3) is 4.73. The molecule has 0 aliphatic carbocycles. The number of aliphatic imine (C=N–C) groups is 1. The Balaban J connectivity index is 1.57. The molecule has 0 saturated carbocycles. The van der Waals surface area contributed by atoms with E-state index >= 15 is 0 Å². The van der Waals surface area contributed by atoms with Gasteiger partial charge in [0.25, 0.3) is 5.91 Å². The molecule has 1 aliphatic rings. The number of furan rings is 1. The highest BCUT2D eigenvalue weighted by Crippen LogP contribution is 2.31. The lowest BCUT2D eigenvalue weighted by Gasteiger charge is -2.02. The number of aromatic carboxylic acids is 1. The van der Waals surface area contributed by atoms with Crippen molar-refractivity contribution in [3.63, 3.8) is 0 Å². The largest absolute Gasteiger partial charge is 0.478 e. The molecule has 0 bridgehead atoms. The number of rotatable bonds is 4. The van der Waals surface area contributed by atoms with Gasteiger partial charge in [0, 0.05) is 11.6 Å². The lowest BCUT2D eigenvalue weighted by Crippen LogP contribution is -2.19. The van der Waals surface area contributed by atoms with Gasteiger partial charge in [-0.05, 0) is 79.2 Å². The van der Waals surface area contributed by atoms with Crippen LogP contribution in [0, 0.1) is 13.8 Å². The molecule has 0 radical (unpaired) electrons. The molecule has 31 heavy (non-hydrogen) atoms. The Kier molecular flexibility index (Phi) is 5.71. The molecule has 0 spiro atoms. The average Bonchev–Trinajstić information content (AvgIpc) is 3.28. The molecule has 1 amide bonds. The molecule has 2 aromatic carbocycles. The number of benzene rings is 2. The third-order valence-electron chi connectivity index (χ3n) is 4.47. The summed E-state index contributed by atoms with van der Waals surface area (Å²) in [6, 6.07) is 14.0. The normalized spacial score (nSPS) is 16.2. The number of nitrogens with zero attached hydrogens (tertiary/aromatic N) is 1. The van der Waals surface area contributed by atoms with Crippen molar-refractivity contribution in [2.75, 3.05) is 0 Å². The fourth-order valence-corrected chi connectivity index (χ4v) is 4.19. The van der Waals surface area contributed by atoms with Gasteiger partial charge in [-0.3, -0.25) is 4.79 Å². The van der Waals surface area contributed by atoms with E-state index in [4.69, 9.17) is 16.0 Å². The van der Waals surface area contributed by atoms with E-state index in [0.717, 1.165) is 16.8 Å². The highest BCUT2D eigenvalue weighted by molar-refractivity contribution is 8.18. The van der Waals surface area contributed by atoms with Crippen molar-refractivity contribution >= 4 is 52.2 Å². The van der Waals surface area contributed by atoms with E-state index in [1.54, 1.807) is 24.3 Å². The van der Waals surface area contributed by atoms with Gasteiger partial charge < -0.3 is 14.8 Å². The van der Waals surface area contributed by atoms with Crippen LogP contribution >= 0.6 is 23.4 Å². The number of thioether (sulfide) groups is 1. The summed E-state index contributed by atoms with van der Waals surface area (Å²) in [7, 11) is 0. The van der Waals surface area contributed by atoms with Crippen molar-refractivity contribution in [1.29, 1.82) is 0 Å². The quantitative estimate of drug-likeness (QED) is 0.487. The maximum atomic E-state index is 12.3. The van der Waals surface area contributed by atoms with Crippen LogP contribution in [0.2, 0.25) is 5.02 Å². The fraction of sp³-hybridized carbons (Fsp3) is 0.0870. The van der Waals surface area contributed by atoms with Gasteiger partial charge in [-0.2, -0.15) is 0 Å². The molecule has 3 aromatic rings. The Morgan fingerprint density at radius 1 is 1.13 bits per heavy atom. The highest BCUT2D eigenvalue weighted by atomic mass is 35.5. The van der Waals surface area contributed by atoms with Gasteiger partial charge in [0.1, 0.15) is 11.5 Å². The monoisotopic (exact) mass is 452 g/mol. The highest BCUT2D eigenvalue weighted by Gasteiger charge is 2.24. The number of halogens is 1. The second-order valence-corrected chi connectivity index (χ2v) is 8.47. The number of carboxylic acids is 1. The molecule has 8 heteroatoms. The first-order chi connectivity index (χ1) is 14.8. The first-order valence-electron chi connectivity index (χ1n) is 9.29. The Morgan fingerprint density at radius 2 is 1.87 bits per heavy atom. The van der Waals surface area contributed by atoms with Crippen LogP contribution in [0.15, 0.2) is 62.8 Å². The van der Waals surface area contributed by atoms with Gasteiger partial charge in [-0.15, -0.1) is 0 Å². The lowest BCUT2D eigenvalue weighted by molar-refractivity contribution is -0.115. The molecule has 2 N–H and O–H groups in total. The van der Waals surface area contributed by atoms with Crippen molar-refractivity contribution in [1.82, 2.24) is 5.32 Å². The minimum absolute atomic E-state index is 0.00608. The van der Waals surface area contributed by atoms with Crippen LogP contribution in [0.5, 0.6) is 0 Å². The van der Waals surface area contributed by atoms with E-state index in [1.165, 1.54) is 23.9 Å². The smallest absolute Gasteiger partial charge is 0.337 e. The van der Waals surface area contributed by atoms with Crippen LogP contribution in [0.3, 0.4) is 0 Å². The van der Waals surface area contributed by atoms with Gasteiger partial charge in [0.15, 0.2) is 5.17 Å². The van der Waals surface area contributed by atoms with Crippen LogP contribution in [0.4, 0.5) is 5.69 Å². The van der Waals surface area contributed by atoms with Crippen LogP contribution in [0.25, 0.3) is 17.4 Å². The fourth-order valence-electron chi connectivity index (χ4n) is 3.17. The van der Waals surface area contributed by atoms with E-state index in [1.807, 2.05) is 26.0 Å². The van der Waals surface area contributed by atoms with E-state index in [0.29, 0.717) is 27.2 Å². The Labute approximate surface area is 187 Å². The molecule has 1 saturated heterocycles. The second kappa shape index (κ2) is 8.45. The van der Waals surface area contributed by atoms with Crippen LogP contribution in [0.1, 0.15) is 27.2 Å². The Morgan fingerprint density at radius 3 is 2.58 bits per heavy atom. The molecule has 1 aromatic heterocycles. The zero-order chi connectivity index (χ0) is 22.1. The third-order valence-corrected chi connectivity index (χ3v) is 5.71. The van der Waals surface area contributed by atoms with Gasteiger partial charge in [-0.1, -0.05) is 17.7 Å². The second-order valence-electron chi connectivity index (χ2n) is 7.03. The molecule has 2 heterocycles. The molecule has 6 nitrogen and oxygen atoms in total. The maximum Gasteiger partial charge on any atom is 0.337 e. The van der Waals surface area contributed by atoms with Crippen molar-refractivity contribution in [3.8, 4) is 11.3 Å². The number of hydrogen-bond donors (Lipinski definition) is 2. The number of hydrogen-bond acceptors (Lipinski definition) is 5. The SMILES string of the molecule is Cc1cc(C)cc(N=C2NC(=O)/C(=C/c3ccc(-c4ccc(Cl)c(C(=O)O)c4)o3)S2)c1. The average molecular weight is 453 g/mol. The summed E-state index contributed by atoms with van der Waals surface area (Å²) in [5.74, 6) is -0.438. The molecular formula is C23H17ClN2O4S. The molecule has 156 valence electrons. The van der Waals surface area contributed by atoms with Crippen molar-refractivity contribution in [2.45, 2.75) is 13.8 Å². The van der Waals surface area contributed by atoms with Gasteiger partial charge in [-0.25, -0.2) is 9.79 Å². The molecule has 1 fully saturated rings. The number of carboxylic acid groups (broad SMARTS) is 1. The van der Waals surface area contributed by atoms with Gasteiger partial charge in [0.05, 0.1) is 21.2 Å². The summed E-state index contributed by atoms with van der Waals surface area (Å²) in [6.45, 7) is 3.99. The zero-order valence-electron chi connectivity index (χ0n) is 16.6. The minimum Gasteiger partial charge on any atom is -0.478 e. The minimum atomic E-state index is -1.12. The lowest BCUT2D eigenvalue weighted by atomic mass is 10.1. The maximum absolute atomic E-state index is 12.3. The van der Waals surface area contributed by atoms with E-state index in [9.17, 15) is 14.7 Å². The molecular weight excluding hydrogens is 436 g/mol. The van der Waals surface area contributed by atoms with Gasteiger partial charge >= 0.3 is 5.97 Å². The summed E-state index contributed by atoms with van der Waals surface area (Å²) >= 11 is 7.15. The first-order valence-corrected chi connectivity index (χ1v) is 10.5. The zero-order valence-corrected chi connectivity index (χ0v) is 18.2. The summed E-state index contributed by atoms with van der Waals surface area (Å²) < 4.78 is 5.79. The predicted molar refractivity (Wildman–Crippen MR) is 123 cm³/mol. The molecule has 0 unspecified atom stereocenters. The molecule has 1 aliphatic heterocycles. The van der Waals surface area contributed by atoms with E-state index in [2.05, 4.69) is 16.4 Å². The van der Waals surface area contributed by atoms with E-state index in [-0.39, 0.29) is 16.5 Å². The number of carbonyl (C=O) groups is 2. The van der Waals surface area contributed by atoms with Crippen molar-refractivity contribution in [3.05, 3.63) is 80.9 Å². The van der Waals surface area contributed by atoms with Crippen molar-refractivity contribution < 1.29 is 19.1 Å².